The number of rotatable bonds is 4. The number of carboxylic acid groups (broad SMARTS) is 1. The molecule has 2 unspecified atom stereocenters. The molecule has 3 rings (SSSR count). The summed E-state index contributed by atoms with van der Waals surface area (Å²) in [6.45, 7) is 0. The topological polar surface area (TPSA) is 37.3 Å². The summed E-state index contributed by atoms with van der Waals surface area (Å²) in [7, 11) is 0. The van der Waals surface area contributed by atoms with Crippen LogP contribution in [0, 0.1) is 11.8 Å². The lowest BCUT2D eigenvalue weighted by Crippen LogP contribution is -2.04. The lowest BCUT2D eigenvalue weighted by Gasteiger charge is -2.18. The van der Waals surface area contributed by atoms with E-state index >= 15 is 0 Å². The highest BCUT2D eigenvalue weighted by Crippen LogP contribution is 2.42. The average Bonchev–Trinajstić information content (AvgIpc) is 3.16. The Morgan fingerprint density at radius 1 is 1.26 bits per heavy atom. The zero-order valence-electron chi connectivity index (χ0n) is 11.0. The molecule has 1 saturated carbocycles. The second-order valence-corrected chi connectivity index (χ2v) is 6.31. The molecule has 1 aromatic carbocycles. The summed E-state index contributed by atoms with van der Waals surface area (Å²) in [5, 5.41) is 9.78. The summed E-state index contributed by atoms with van der Waals surface area (Å²) >= 11 is 6.35. The predicted molar refractivity (Wildman–Crippen MR) is 75.6 cm³/mol. The van der Waals surface area contributed by atoms with Gasteiger partial charge in [0.1, 0.15) is 0 Å². The van der Waals surface area contributed by atoms with E-state index in [0.717, 1.165) is 30.7 Å². The van der Waals surface area contributed by atoms with Gasteiger partial charge < -0.3 is 5.11 Å². The largest absolute Gasteiger partial charge is 0.481 e. The molecular weight excluding hydrogens is 260 g/mol. The first-order chi connectivity index (χ1) is 9.15. The zero-order chi connectivity index (χ0) is 13.4. The van der Waals surface area contributed by atoms with Crippen molar-refractivity contribution in [3.63, 3.8) is 0 Å². The van der Waals surface area contributed by atoms with Gasteiger partial charge in [0.05, 0.1) is 5.92 Å². The number of carbonyl (C=O) groups is 1. The van der Waals surface area contributed by atoms with Crippen LogP contribution < -0.4 is 0 Å². The molecule has 1 N–H and O–H groups in total. The molecule has 0 heterocycles. The molecule has 0 bridgehead atoms. The molecule has 0 saturated heterocycles. The highest BCUT2D eigenvalue weighted by molar-refractivity contribution is 6.31. The van der Waals surface area contributed by atoms with E-state index in [-0.39, 0.29) is 5.92 Å². The second kappa shape index (κ2) is 5.16. The minimum Gasteiger partial charge on any atom is -0.481 e. The van der Waals surface area contributed by atoms with E-state index < -0.39 is 5.97 Å². The van der Waals surface area contributed by atoms with Gasteiger partial charge >= 0.3 is 5.97 Å². The van der Waals surface area contributed by atoms with Crippen molar-refractivity contribution in [2.24, 2.45) is 11.8 Å². The lowest BCUT2D eigenvalue weighted by molar-refractivity contribution is -0.138. The van der Waals surface area contributed by atoms with Crippen LogP contribution in [0.3, 0.4) is 0 Å². The van der Waals surface area contributed by atoms with Crippen LogP contribution in [0.15, 0.2) is 12.1 Å². The predicted octanol–water partition coefficient (Wildman–Crippen LogP) is 3.87. The number of benzene rings is 1. The molecule has 0 spiro atoms. The highest BCUT2D eigenvalue weighted by Gasteiger charge is 2.42. The van der Waals surface area contributed by atoms with Gasteiger partial charge in [-0.25, -0.2) is 0 Å². The Hall–Kier alpha value is -1.02. The molecular formula is C16H19ClO2. The molecule has 1 fully saturated rings. The van der Waals surface area contributed by atoms with Crippen molar-refractivity contribution < 1.29 is 9.90 Å². The lowest BCUT2D eigenvalue weighted by atomic mass is 9.89. The van der Waals surface area contributed by atoms with Crippen molar-refractivity contribution in [3.8, 4) is 0 Å². The van der Waals surface area contributed by atoms with Crippen LogP contribution in [0.25, 0.3) is 0 Å². The fourth-order valence-electron chi connectivity index (χ4n) is 3.21. The number of aryl methyl sites for hydroxylation is 3. The third kappa shape index (κ3) is 2.79. The third-order valence-electron chi connectivity index (χ3n) is 4.54. The molecule has 2 atom stereocenters. The van der Waals surface area contributed by atoms with Crippen LogP contribution >= 0.6 is 11.6 Å². The van der Waals surface area contributed by atoms with Gasteiger partial charge in [-0.15, -0.1) is 0 Å². The van der Waals surface area contributed by atoms with Gasteiger partial charge in [0.15, 0.2) is 0 Å². The second-order valence-electron chi connectivity index (χ2n) is 5.90. The van der Waals surface area contributed by atoms with Gasteiger partial charge in [0.25, 0.3) is 0 Å². The van der Waals surface area contributed by atoms with E-state index in [1.165, 1.54) is 36.0 Å². The Balaban J connectivity index is 1.66. The first-order valence-corrected chi connectivity index (χ1v) is 7.56. The number of hydrogen-bond donors (Lipinski definition) is 1. The Morgan fingerprint density at radius 2 is 1.95 bits per heavy atom. The normalized spacial score (nSPS) is 24.9. The van der Waals surface area contributed by atoms with Crippen molar-refractivity contribution in [1.82, 2.24) is 0 Å². The van der Waals surface area contributed by atoms with E-state index in [0.29, 0.717) is 5.92 Å². The van der Waals surface area contributed by atoms with E-state index in [4.69, 9.17) is 16.7 Å². The molecule has 2 nitrogen and oxygen atoms in total. The van der Waals surface area contributed by atoms with E-state index in [1.807, 2.05) is 0 Å². The number of hydrogen-bond acceptors (Lipinski definition) is 1. The summed E-state index contributed by atoms with van der Waals surface area (Å²) in [6.07, 6.45) is 7.58. The van der Waals surface area contributed by atoms with Crippen molar-refractivity contribution in [3.05, 3.63) is 33.8 Å². The van der Waals surface area contributed by atoms with Crippen LogP contribution in [0.4, 0.5) is 0 Å². The zero-order valence-corrected chi connectivity index (χ0v) is 11.7. The van der Waals surface area contributed by atoms with Crippen molar-refractivity contribution in [2.75, 3.05) is 0 Å². The highest BCUT2D eigenvalue weighted by atomic mass is 35.5. The number of halogens is 1. The van der Waals surface area contributed by atoms with E-state index in [2.05, 4.69) is 12.1 Å². The Bertz CT molecular complexity index is 510. The monoisotopic (exact) mass is 278 g/mol. The van der Waals surface area contributed by atoms with Gasteiger partial charge in [0, 0.05) is 5.02 Å². The molecule has 0 aliphatic heterocycles. The molecule has 0 radical (unpaired) electrons. The third-order valence-corrected chi connectivity index (χ3v) is 4.89. The fourth-order valence-corrected chi connectivity index (χ4v) is 3.49. The molecule has 3 heteroatoms. The van der Waals surface area contributed by atoms with Gasteiger partial charge in [-0.1, -0.05) is 17.7 Å². The molecule has 102 valence electrons. The Labute approximate surface area is 118 Å². The van der Waals surface area contributed by atoms with Crippen LogP contribution in [-0.2, 0) is 24.1 Å². The number of fused-ring (bicyclic) bond motifs is 1. The molecule has 19 heavy (non-hydrogen) atoms. The Kier molecular flexibility index (Phi) is 3.53. The quantitative estimate of drug-likeness (QED) is 0.908. The van der Waals surface area contributed by atoms with E-state index in [9.17, 15) is 4.79 Å². The number of carboxylic acids is 1. The molecule has 1 aromatic rings. The molecule has 0 aromatic heterocycles. The van der Waals surface area contributed by atoms with Crippen molar-refractivity contribution in [2.45, 2.75) is 44.9 Å². The smallest absolute Gasteiger partial charge is 0.306 e. The maximum Gasteiger partial charge on any atom is 0.306 e. The summed E-state index contributed by atoms with van der Waals surface area (Å²) < 4.78 is 0. The molecule has 2 aliphatic rings. The first-order valence-electron chi connectivity index (χ1n) is 7.18. The van der Waals surface area contributed by atoms with Gasteiger partial charge in [-0.2, -0.15) is 0 Å². The summed E-state index contributed by atoms with van der Waals surface area (Å²) in [5.41, 5.74) is 4.07. The van der Waals surface area contributed by atoms with Crippen LogP contribution in [0.5, 0.6) is 0 Å². The maximum atomic E-state index is 10.8. The summed E-state index contributed by atoms with van der Waals surface area (Å²) in [6, 6.07) is 4.39. The van der Waals surface area contributed by atoms with E-state index in [1.54, 1.807) is 0 Å². The molecule has 2 aliphatic carbocycles. The number of aliphatic carboxylic acids is 1. The van der Waals surface area contributed by atoms with Crippen molar-refractivity contribution >= 4 is 17.6 Å². The van der Waals surface area contributed by atoms with Gasteiger partial charge in [-0.3, -0.25) is 4.79 Å². The maximum absolute atomic E-state index is 10.8. The standard InChI is InChI=1S/C16H19ClO2/c17-15-9-11-4-2-1-3-10(11)7-13(15)6-5-12-8-14(12)16(18)19/h7,9,12,14H,1-6,8H2,(H,18,19). The van der Waals surface area contributed by atoms with Gasteiger partial charge in [-0.05, 0) is 73.6 Å². The minimum atomic E-state index is -0.637. The van der Waals surface area contributed by atoms with Crippen molar-refractivity contribution in [1.29, 1.82) is 0 Å². The first kappa shape index (κ1) is 13.0. The van der Waals surface area contributed by atoms with Crippen LogP contribution in [0.1, 0.15) is 42.4 Å². The SMILES string of the molecule is O=C(O)C1CC1CCc1cc2c(cc1Cl)CCCC2. The van der Waals surface area contributed by atoms with Crippen LogP contribution in [0.2, 0.25) is 5.02 Å². The van der Waals surface area contributed by atoms with Crippen LogP contribution in [-0.4, -0.2) is 11.1 Å². The summed E-state index contributed by atoms with van der Waals surface area (Å²) in [4.78, 5) is 10.8. The summed E-state index contributed by atoms with van der Waals surface area (Å²) in [5.74, 6) is -0.373. The fraction of sp³-hybridized carbons (Fsp3) is 0.562. The Morgan fingerprint density at radius 3 is 2.58 bits per heavy atom. The minimum absolute atomic E-state index is 0.101. The van der Waals surface area contributed by atoms with Gasteiger partial charge in [0.2, 0.25) is 0 Å². The molecule has 0 amide bonds. The average molecular weight is 279 g/mol.